The van der Waals surface area contributed by atoms with E-state index in [1.807, 2.05) is 0 Å². The van der Waals surface area contributed by atoms with Gasteiger partial charge in [0.2, 0.25) is 0 Å². The van der Waals surface area contributed by atoms with Crippen LogP contribution in [0.15, 0.2) is 53.4 Å². The van der Waals surface area contributed by atoms with Gasteiger partial charge in [-0.3, -0.25) is 9.63 Å². The second-order valence-electron chi connectivity index (χ2n) is 4.38. The summed E-state index contributed by atoms with van der Waals surface area (Å²) in [4.78, 5) is 17.7. The third-order valence-electron chi connectivity index (χ3n) is 2.62. The van der Waals surface area contributed by atoms with Crippen LogP contribution >= 0.6 is 0 Å². The standard InChI is InChI=1S/C14H12F2N2O4S/c15-10-1-5-12(6-2-10)17-14(19)9-22-18-23(20,21)13-7-3-11(16)4-8-13/h1-8,18H,9H2,(H,17,19). The van der Waals surface area contributed by atoms with Crippen molar-refractivity contribution in [2.24, 2.45) is 0 Å². The highest BCUT2D eigenvalue weighted by Crippen LogP contribution is 2.10. The van der Waals surface area contributed by atoms with E-state index >= 15 is 0 Å². The van der Waals surface area contributed by atoms with Crippen LogP contribution in [0.1, 0.15) is 0 Å². The molecule has 6 nitrogen and oxygen atoms in total. The van der Waals surface area contributed by atoms with Gasteiger partial charge in [-0.15, -0.1) is 0 Å². The molecule has 0 spiro atoms. The third kappa shape index (κ3) is 5.09. The zero-order valence-corrected chi connectivity index (χ0v) is 12.4. The van der Waals surface area contributed by atoms with Crippen LogP contribution in [-0.2, 0) is 19.7 Å². The molecule has 0 fully saturated rings. The van der Waals surface area contributed by atoms with Gasteiger partial charge >= 0.3 is 0 Å². The van der Waals surface area contributed by atoms with Gasteiger partial charge in [0.1, 0.15) is 18.2 Å². The summed E-state index contributed by atoms with van der Waals surface area (Å²) < 4.78 is 49.0. The number of carbonyl (C=O) groups excluding carboxylic acids is 1. The molecular formula is C14H12F2N2O4S. The van der Waals surface area contributed by atoms with Crippen LogP contribution in [0.3, 0.4) is 0 Å². The number of sulfonamides is 1. The SMILES string of the molecule is O=C(CONS(=O)(=O)c1ccc(F)cc1)Nc1ccc(F)cc1. The van der Waals surface area contributed by atoms with Gasteiger partial charge in [-0.1, -0.05) is 4.89 Å². The van der Waals surface area contributed by atoms with Gasteiger partial charge in [0, 0.05) is 5.69 Å². The Morgan fingerprint density at radius 2 is 1.48 bits per heavy atom. The summed E-state index contributed by atoms with van der Waals surface area (Å²) in [6.45, 7) is -0.599. The molecule has 1 amide bonds. The Kier molecular flexibility index (Phi) is 5.37. The Labute approximate surface area is 131 Å². The van der Waals surface area contributed by atoms with Gasteiger partial charge in [0.05, 0.1) is 4.90 Å². The number of halogens is 2. The molecule has 0 aliphatic heterocycles. The topological polar surface area (TPSA) is 84.5 Å². The van der Waals surface area contributed by atoms with E-state index < -0.39 is 34.2 Å². The summed E-state index contributed by atoms with van der Waals surface area (Å²) in [5, 5.41) is 2.39. The van der Waals surface area contributed by atoms with Crippen molar-refractivity contribution >= 4 is 21.6 Å². The minimum atomic E-state index is -4.02. The molecule has 2 N–H and O–H groups in total. The average Bonchev–Trinajstić information content (AvgIpc) is 2.50. The molecule has 122 valence electrons. The third-order valence-corrected chi connectivity index (χ3v) is 3.85. The lowest BCUT2D eigenvalue weighted by Crippen LogP contribution is -2.29. The van der Waals surface area contributed by atoms with E-state index in [0.29, 0.717) is 5.69 Å². The van der Waals surface area contributed by atoms with E-state index in [-0.39, 0.29) is 4.90 Å². The molecule has 9 heteroatoms. The van der Waals surface area contributed by atoms with E-state index in [1.165, 1.54) is 12.1 Å². The van der Waals surface area contributed by atoms with E-state index in [0.717, 1.165) is 36.4 Å². The second kappa shape index (κ2) is 7.27. The van der Waals surface area contributed by atoms with Crippen molar-refractivity contribution in [1.29, 1.82) is 0 Å². The van der Waals surface area contributed by atoms with Crippen LogP contribution in [0.2, 0.25) is 0 Å². The van der Waals surface area contributed by atoms with E-state index in [2.05, 4.69) is 10.2 Å². The maximum atomic E-state index is 12.7. The molecule has 0 radical (unpaired) electrons. The first-order chi connectivity index (χ1) is 10.9. The summed E-state index contributed by atoms with van der Waals surface area (Å²) in [6.07, 6.45) is 0. The minimum Gasteiger partial charge on any atom is -0.324 e. The Hall–Kier alpha value is -2.36. The van der Waals surface area contributed by atoms with Crippen molar-refractivity contribution in [2.75, 3.05) is 11.9 Å². The normalized spacial score (nSPS) is 11.2. The predicted molar refractivity (Wildman–Crippen MR) is 77.7 cm³/mol. The highest BCUT2D eigenvalue weighted by Gasteiger charge is 2.15. The molecule has 0 saturated heterocycles. The van der Waals surface area contributed by atoms with E-state index in [4.69, 9.17) is 0 Å². The Morgan fingerprint density at radius 3 is 2.04 bits per heavy atom. The minimum absolute atomic E-state index is 0.210. The van der Waals surface area contributed by atoms with Crippen LogP contribution in [0, 0.1) is 11.6 Å². The molecule has 0 unspecified atom stereocenters. The molecule has 0 aliphatic rings. The van der Waals surface area contributed by atoms with Crippen molar-refractivity contribution in [3.8, 4) is 0 Å². The fourth-order valence-electron chi connectivity index (χ4n) is 1.56. The predicted octanol–water partition coefficient (Wildman–Crippen LogP) is 1.81. The Bertz CT molecular complexity index is 777. The number of hydrogen-bond donors (Lipinski definition) is 2. The van der Waals surface area contributed by atoms with Crippen LogP contribution in [0.5, 0.6) is 0 Å². The summed E-state index contributed by atoms with van der Waals surface area (Å²) in [7, 11) is -4.02. The molecule has 0 aromatic heterocycles. The molecule has 0 bridgehead atoms. The number of anilines is 1. The lowest BCUT2D eigenvalue weighted by molar-refractivity contribution is -0.121. The number of amides is 1. The number of hydrogen-bond acceptors (Lipinski definition) is 4. The molecule has 2 rings (SSSR count). The number of nitrogens with one attached hydrogen (secondary N) is 2. The lowest BCUT2D eigenvalue weighted by atomic mass is 10.3. The van der Waals surface area contributed by atoms with Gasteiger partial charge in [-0.25, -0.2) is 17.2 Å². The van der Waals surface area contributed by atoms with Crippen molar-refractivity contribution < 1.29 is 26.8 Å². The summed E-state index contributed by atoms with van der Waals surface area (Å²) in [6, 6.07) is 9.08. The fraction of sp³-hybridized carbons (Fsp3) is 0.0714. The zero-order valence-electron chi connectivity index (χ0n) is 11.6. The van der Waals surface area contributed by atoms with Crippen molar-refractivity contribution in [1.82, 2.24) is 4.89 Å². The fourth-order valence-corrected chi connectivity index (χ4v) is 2.37. The molecule has 0 heterocycles. The Morgan fingerprint density at radius 1 is 0.957 bits per heavy atom. The maximum Gasteiger partial charge on any atom is 0.262 e. The quantitative estimate of drug-likeness (QED) is 0.784. The molecule has 2 aromatic carbocycles. The summed E-state index contributed by atoms with van der Waals surface area (Å²) >= 11 is 0. The van der Waals surface area contributed by atoms with Gasteiger partial charge < -0.3 is 5.32 Å². The van der Waals surface area contributed by atoms with E-state index in [1.54, 1.807) is 4.89 Å². The van der Waals surface area contributed by atoms with Gasteiger partial charge in [0.25, 0.3) is 15.9 Å². The Balaban J connectivity index is 1.85. The molecule has 0 saturated carbocycles. The van der Waals surface area contributed by atoms with Gasteiger partial charge in [-0.2, -0.15) is 0 Å². The highest BCUT2D eigenvalue weighted by molar-refractivity contribution is 7.89. The molecule has 23 heavy (non-hydrogen) atoms. The second-order valence-corrected chi connectivity index (χ2v) is 6.03. The number of carbonyl (C=O) groups is 1. The van der Waals surface area contributed by atoms with Crippen LogP contribution in [0.4, 0.5) is 14.5 Å². The van der Waals surface area contributed by atoms with Gasteiger partial charge in [-0.05, 0) is 48.5 Å². The molecule has 0 aliphatic carbocycles. The lowest BCUT2D eigenvalue weighted by Gasteiger charge is -2.08. The van der Waals surface area contributed by atoms with Crippen LogP contribution < -0.4 is 10.2 Å². The smallest absolute Gasteiger partial charge is 0.262 e. The van der Waals surface area contributed by atoms with Crippen LogP contribution in [-0.4, -0.2) is 20.9 Å². The van der Waals surface area contributed by atoms with Crippen molar-refractivity contribution in [3.63, 3.8) is 0 Å². The maximum absolute atomic E-state index is 12.7. The molecule has 2 aromatic rings. The average molecular weight is 342 g/mol. The zero-order chi connectivity index (χ0) is 16.9. The number of benzene rings is 2. The monoisotopic (exact) mass is 342 g/mol. The van der Waals surface area contributed by atoms with Crippen LogP contribution in [0.25, 0.3) is 0 Å². The van der Waals surface area contributed by atoms with Crippen molar-refractivity contribution in [2.45, 2.75) is 4.90 Å². The highest BCUT2D eigenvalue weighted by atomic mass is 32.2. The first kappa shape index (κ1) is 17.0. The first-order valence-corrected chi connectivity index (χ1v) is 7.80. The summed E-state index contributed by atoms with van der Waals surface area (Å²) in [5.41, 5.74) is 0.335. The molecular weight excluding hydrogens is 330 g/mol. The molecule has 0 atom stereocenters. The largest absolute Gasteiger partial charge is 0.324 e. The van der Waals surface area contributed by atoms with E-state index in [9.17, 15) is 22.0 Å². The first-order valence-electron chi connectivity index (χ1n) is 6.31. The summed E-state index contributed by atoms with van der Waals surface area (Å²) in [5.74, 6) is -1.67. The van der Waals surface area contributed by atoms with Crippen molar-refractivity contribution in [3.05, 3.63) is 60.2 Å². The number of rotatable bonds is 6. The van der Waals surface area contributed by atoms with Gasteiger partial charge in [0.15, 0.2) is 0 Å².